The Hall–Kier alpha value is -3.06. The summed E-state index contributed by atoms with van der Waals surface area (Å²) in [5, 5.41) is 5.54. The summed E-state index contributed by atoms with van der Waals surface area (Å²) in [5.41, 5.74) is 2.34. The first kappa shape index (κ1) is 23.6. The minimum Gasteiger partial charge on any atom is -0.493 e. The number of rotatable bonds is 9. The van der Waals surface area contributed by atoms with Crippen LogP contribution in [0.15, 0.2) is 42.5 Å². The van der Waals surface area contributed by atoms with Crippen LogP contribution >= 0.6 is 0 Å². The minimum absolute atomic E-state index is 0.125. The minimum atomic E-state index is -0.247. The van der Waals surface area contributed by atoms with Crippen molar-refractivity contribution in [1.29, 1.82) is 0 Å². The summed E-state index contributed by atoms with van der Waals surface area (Å²) in [6.07, 6.45) is 6.38. The second-order valence-corrected chi connectivity index (χ2v) is 8.15. The normalized spacial score (nSPS) is 14.1. The van der Waals surface area contributed by atoms with E-state index in [4.69, 9.17) is 9.47 Å². The number of ether oxygens (including phenoxy) is 2. The highest BCUT2D eigenvalue weighted by molar-refractivity contribution is 6.05. The van der Waals surface area contributed by atoms with E-state index in [0.29, 0.717) is 23.1 Å². The number of hydrogen-bond donors (Lipinski definition) is 2. The van der Waals surface area contributed by atoms with Crippen molar-refractivity contribution in [3.05, 3.63) is 53.6 Å². The summed E-state index contributed by atoms with van der Waals surface area (Å²) in [4.78, 5) is 26.8. The molecule has 1 fully saturated rings. The summed E-state index contributed by atoms with van der Waals surface area (Å²) in [7, 11) is 5.21. The zero-order valence-electron chi connectivity index (χ0n) is 19.1. The van der Waals surface area contributed by atoms with E-state index in [9.17, 15) is 9.59 Å². The zero-order chi connectivity index (χ0) is 22.9. The highest BCUT2D eigenvalue weighted by Crippen LogP contribution is 2.29. The van der Waals surface area contributed by atoms with Crippen LogP contribution in [-0.2, 0) is 11.3 Å². The number of amides is 2. The van der Waals surface area contributed by atoms with Gasteiger partial charge >= 0.3 is 0 Å². The van der Waals surface area contributed by atoms with Crippen molar-refractivity contribution in [2.45, 2.75) is 44.7 Å². The number of nitrogens with one attached hydrogen (secondary N) is 2. The molecule has 0 saturated heterocycles. The van der Waals surface area contributed by atoms with Crippen molar-refractivity contribution in [1.82, 2.24) is 10.2 Å². The molecule has 2 aromatic carbocycles. The molecule has 0 unspecified atom stereocenters. The molecule has 3 rings (SSSR count). The molecule has 0 atom stereocenters. The number of anilines is 1. The number of likely N-dealkylation sites (N-methyl/N-ethyl adjacent to an activating group) is 1. The Morgan fingerprint density at radius 2 is 1.81 bits per heavy atom. The standard InChI is InChI=1S/C25H33N3O4/c1-26-24(29)17-32-22-14-13-18(15-23(22)31-3)25(30)27-21-12-8-7-9-19(21)16-28(2)20-10-5-4-6-11-20/h7-9,12-15,20H,4-6,10-11,16-17H2,1-3H3,(H,26,29)(H,27,30). The number of benzene rings is 2. The van der Waals surface area contributed by atoms with E-state index in [0.717, 1.165) is 17.8 Å². The van der Waals surface area contributed by atoms with Gasteiger partial charge in [0.2, 0.25) is 0 Å². The molecule has 0 aromatic heterocycles. The fourth-order valence-electron chi connectivity index (χ4n) is 4.04. The van der Waals surface area contributed by atoms with Gasteiger partial charge in [-0.05, 0) is 49.7 Å². The van der Waals surface area contributed by atoms with Crippen LogP contribution in [0.5, 0.6) is 11.5 Å². The Labute approximate surface area is 190 Å². The molecule has 2 amide bonds. The molecule has 0 spiro atoms. The van der Waals surface area contributed by atoms with Crippen molar-refractivity contribution in [2.75, 3.05) is 33.1 Å². The Bertz CT molecular complexity index is 925. The molecule has 1 saturated carbocycles. The van der Waals surface area contributed by atoms with Gasteiger partial charge in [0, 0.05) is 30.9 Å². The lowest BCUT2D eigenvalue weighted by Gasteiger charge is -2.31. The highest BCUT2D eigenvalue weighted by atomic mass is 16.5. The summed E-state index contributed by atoms with van der Waals surface area (Å²) < 4.78 is 10.8. The third-order valence-electron chi connectivity index (χ3n) is 5.95. The molecule has 0 bridgehead atoms. The number of carbonyl (C=O) groups excluding carboxylic acids is 2. The molecule has 7 nitrogen and oxygen atoms in total. The van der Waals surface area contributed by atoms with Crippen molar-refractivity contribution >= 4 is 17.5 Å². The Morgan fingerprint density at radius 3 is 2.53 bits per heavy atom. The van der Waals surface area contributed by atoms with E-state index < -0.39 is 0 Å². The van der Waals surface area contributed by atoms with Gasteiger partial charge in [0.05, 0.1) is 7.11 Å². The second kappa shape index (κ2) is 11.5. The van der Waals surface area contributed by atoms with Crippen molar-refractivity contribution < 1.29 is 19.1 Å². The molecule has 7 heteroatoms. The number of para-hydroxylation sites is 1. The van der Waals surface area contributed by atoms with Gasteiger partial charge in [0.25, 0.3) is 11.8 Å². The van der Waals surface area contributed by atoms with Crippen molar-refractivity contribution in [3.8, 4) is 11.5 Å². The van der Waals surface area contributed by atoms with Crippen LogP contribution in [0.25, 0.3) is 0 Å². The molecule has 0 heterocycles. The molecule has 0 aliphatic heterocycles. The zero-order valence-corrected chi connectivity index (χ0v) is 19.1. The van der Waals surface area contributed by atoms with Gasteiger partial charge in [-0.15, -0.1) is 0 Å². The van der Waals surface area contributed by atoms with Gasteiger partial charge in [-0.2, -0.15) is 0 Å². The maximum atomic E-state index is 13.0. The van der Waals surface area contributed by atoms with Crippen LogP contribution in [0, 0.1) is 0 Å². The summed E-state index contributed by atoms with van der Waals surface area (Å²) in [6, 6.07) is 13.4. The van der Waals surface area contributed by atoms with E-state index in [1.165, 1.54) is 39.2 Å². The predicted molar refractivity (Wildman–Crippen MR) is 125 cm³/mol. The van der Waals surface area contributed by atoms with E-state index in [-0.39, 0.29) is 18.4 Å². The highest BCUT2D eigenvalue weighted by Gasteiger charge is 2.19. The fraction of sp³-hybridized carbons (Fsp3) is 0.440. The average Bonchev–Trinajstić information content (AvgIpc) is 2.84. The molecular weight excluding hydrogens is 406 g/mol. The molecule has 2 N–H and O–H groups in total. The quantitative estimate of drug-likeness (QED) is 0.621. The van der Waals surface area contributed by atoms with Gasteiger partial charge in [-0.25, -0.2) is 0 Å². The topological polar surface area (TPSA) is 79.9 Å². The smallest absolute Gasteiger partial charge is 0.257 e. The molecule has 1 aliphatic carbocycles. The lowest BCUT2D eigenvalue weighted by molar-refractivity contribution is -0.122. The Balaban J connectivity index is 1.69. The Morgan fingerprint density at radius 1 is 1.06 bits per heavy atom. The van der Waals surface area contributed by atoms with Crippen molar-refractivity contribution in [3.63, 3.8) is 0 Å². The third kappa shape index (κ3) is 6.23. The number of hydrogen-bond acceptors (Lipinski definition) is 5. The van der Waals surface area contributed by atoms with E-state index in [1.54, 1.807) is 25.2 Å². The van der Waals surface area contributed by atoms with Gasteiger partial charge in [-0.1, -0.05) is 37.5 Å². The van der Waals surface area contributed by atoms with Crippen molar-refractivity contribution in [2.24, 2.45) is 0 Å². The van der Waals surface area contributed by atoms with Crippen LogP contribution in [0.4, 0.5) is 5.69 Å². The second-order valence-electron chi connectivity index (χ2n) is 8.15. The van der Waals surface area contributed by atoms with E-state index in [2.05, 4.69) is 28.6 Å². The number of nitrogens with zero attached hydrogens (tertiary/aromatic N) is 1. The first-order chi connectivity index (χ1) is 15.5. The van der Waals surface area contributed by atoms with Crippen LogP contribution in [0.2, 0.25) is 0 Å². The average molecular weight is 440 g/mol. The SMILES string of the molecule is CNC(=O)COc1ccc(C(=O)Nc2ccccc2CN(C)C2CCCCC2)cc1OC. The van der Waals surface area contributed by atoms with Gasteiger partial charge in [0.1, 0.15) is 0 Å². The summed E-state index contributed by atoms with van der Waals surface area (Å²) in [6.45, 7) is 0.664. The molecule has 2 aromatic rings. The van der Waals surface area contributed by atoms with Crippen LogP contribution in [0.3, 0.4) is 0 Å². The van der Waals surface area contributed by atoms with E-state index >= 15 is 0 Å². The summed E-state index contributed by atoms with van der Waals surface area (Å²) >= 11 is 0. The van der Waals surface area contributed by atoms with Crippen LogP contribution in [0.1, 0.15) is 48.0 Å². The Kier molecular flexibility index (Phi) is 8.50. The van der Waals surface area contributed by atoms with Crippen LogP contribution < -0.4 is 20.1 Å². The monoisotopic (exact) mass is 439 g/mol. The molecule has 0 radical (unpaired) electrons. The first-order valence-electron chi connectivity index (χ1n) is 11.1. The molecule has 32 heavy (non-hydrogen) atoms. The molecular formula is C25H33N3O4. The maximum absolute atomic E-state index is 13.0. The fourth-order valence-corrected chi connectivity index (χ4v) is 4.04. The maximum Gasteiger partial charge on any atom is 0.257 e. The lowest BCUT2D eigenvalue weighted by Crippen LogP contribution is -2.33. The molecule has 1 aliphatic rings. The van der Waals surface area contributed by atoms with Gasteiger partial charge in [-0.3, -0.25) is 14.5 Å². The largest absolute Gasteiger partial charge is 0.493 e. The lowest BCUT2D eigenvalue weighted by atomic mass is 9.94. The van der Waals surface area contributed by atoms with Crippen LogP contribution in [-0.4, -0.2) is 50.6 Å². The van der Waals surface area contributed by atoms with Gasteiger partial charge in [0.15, 0.2) is 18.1 Å². The summed E-state index contributed by atoms with van der Waals surface area (Å²) in [5.74, 6) is 0.326. The predicted octanol–water partition coefficient (Wildman–Crippen LogP) is 3.84. The van der Waals surface area contributed by atoms with E-state index in [1.807, 2.05) is 18.2 Å². The first-order valence-corrected chi connectivity index (χ1v) is 11.1. The number of methoxy groups -OCH3 is 1. The third-order valence-corrected chi connectivity index (χ3v) is 5.95. The van der Waals surface area contributed by atoms with Gasteiger partial charge < -0.3 is 20.1 Å². The number of carbonyl (C=O) groups is 2. The molecule has 172 valence electrons.